The first-order chi connectivity index (χ1) is 13.1. The zero-order valence-electron chi connectivity index (χ0n) is 14.4. The van der Waals surface area contributed by atoms with E-state index in [1.165, 1.54) is 25.4 Å². The third kappa shape index (κ3) is 6.87. The van der Waals surface area contributed by atoms with E-state index in [2.05, 4.69) is 30.3 Å². The summed E-state index contributed by atoms with van der Waals surface area (Å²) in [5, 5.41) is 6.71. The van der Waals surface area contributed by atoms with Crippen LogP contribution in [0.5, 0.6) is 5.88 Å². The Morgan fingerprint density at radius 1 is 1.18 bits per heavy atom. The molecule has 0 unspecified atom stereocenters. The van der Waals surface area contributed by atoms with Crippen LogP contribution in [0.2, 0.25) is 0 Å². The first-order valence-electron chi connectivity index (χ1n) is 7.68. The molecule has 0 aliphatic rings. The van der Waals surface area contributed by atoms with Crippen molar-refractivity contribution >= 4 is 17.3 Å². The molecule has 154 valence electrons. The lowest BCUT2D eigenvalue weighted by Gasteiger charge is -2.14. The van der Waals surface area contributed by atoms with Crippen LogP contribution in [0.15, 0.2) is 28.7 Å². The van der Waals surface area contributed by atoms with Crippen LogP contribution in [-0.4, -0.2) is 35.8 Å². The first-order valence-corrected chi connectivity index (χ1v) is 8.56. The lowest BCUT2D eigenvalue weighted by atomic mass is 10.2. The third-order valence-corrected chi connectivity index (χ3v) is 3.99. The predicted molar refractivity (Wildman–Crippen MR) is 89.9 cm³/mol. The summed E-state index contributed by atoms with van der Waals surface area (Å²) in [6.45, 7) is -1.45. The molecule has 0 aromatic carbocycles. The second-order valence-electron chi connectivity index (χ2n) is 5.28. The molecule has 28 heavy (non-hydrogen) atoms. The highest BCUT2D eigenvalue weighted by molar-refractivity contribution is 7.09. The summed E-state index contributed by atoms with van der Waals surface area (Å²) in [7, 11) is 1.43. The van der Waals surface area contributed by atoms with Crippen molar-refractivity contribution in [2.24, 2.45) is 4.99 Å². The van der Waals surface area contributed by atoms with Gasteiger partial charge in [-0.25, -0.2) is 9.97 Å². The summed E-state index contributed by atoms with van der Waals surface area (Å²) in [5.74, 6) is 0.0342. The Morgan fingerprint density at radius 3 is 2.50 bits per heavy atom. The van der Waals surface area contributed by atoms with Gasteiger partial charge < -0.3 is 15.4 Å². The van der Waals surface area contributed by atoms with Crippen LogP contribution in [0.1, 0.15) is 16.3 Å². The zero-order chi connectivity index (χ0) is 20.8. The summed E-state index contributed by atoms with van der Waals surface area (Å²) in [6.07, 6.45) is -7.71. The average molecular weight is 427 g/mol. The number of halogens is 6. The van der Waals surface area contributed by atoms with E-state index < -0.39 is 24.7 Å². The zero-order valence-corrected chi connectivity index (χ0v) is 15.2. The van der Waals surface area contributed by atoms with Crippen molar-refractivity contribution in [2.75, 3.05) is 13.7 Å². The number of pyridine rings is 1. The smallest absolute Gasteiger partial charge is 0.434 e. The number of aromatic nitrogens is 2. The number of nitrogens with zero attached hydrogens (tertiary/aromatic N) is 3. The molecule has 0 radical (unpaired) electrons. The van der Waals surface area contributed by atoms with Crippen molar-refractivity contribution in [1.82, 2.24) is 20.6 Å². The predicted octanol–water partition coefficient (Wildman–Crippen LogP) is 3.36. The van der Waals surface area contributed by atoms with Crippen molar-refractivity contribution in [3.63, 3.8) is 0 Å². The molecule has 2 aromatic rings. The van der Waals surface area contributed by atoms with Crippen LogP contribution < -0.4 is 15.4 Å². The minimum atomic E-state index is -4.51. The highest BCUT2D eigenvalue weighted by atomic mass is 32.1. The summed E-state index contributed by atoms with van der Waals surface area (Å²) in [6, 6.07) is 3.05. The van der Waals surface area contributed by atoms with E-state index in [9.17, 15) is 26.3 Å². The number of guanidine groups is 1. The van der Waals surface area contributed by atoms with Gasteiger partial charge in [-0.2, -0.15) is 26.3 Å². The number of alkyl halides is 6. The number of hydrogen-bond acceptors (Lipinski definition) is 5. The number of rotatable bonds is 6. The van der Waals surface area contributed by atoms with Gasteiger partial charge >= 0.3 is 12.4 Å². The topological polar surface area (TPSA) is 71.4 Å². The Kier molecular flexibility index (Phi) is 7.05. The van der Waals surface area contributed by atoms with E-state index in [4.69, 9.17) is 0 Å². The van der Waals surface area contributed by atoms with E-state index in [1.54, 1.807) is 0 Å². The SMILES string of the molecule is CN=C(NCc1nc(C(F)(F)F)cs1)NCc1cccnc1OCC(F)(F)F. The van der Waals surface area contributed by atoms with Gasteiger partial charge in [-0.3, -0.25) is 4.99 Å². The van der Waals surface area contributed by atoms with Crippen LogP contribution in [-0.2, 0) is 19.3 Å². The maximum absolute atomic E-state index is 12.5. The fourth-order valence-corrected chi connectivity index (χ4v) is 2.66. The molecular weight excluding hydrogens is 412 g/mol. The standard InChI is InChI=1S/C15H15F6N5OS/c1-22-13(25-6-11-26-10(7-28-11)15(19,20)21)24-5-9-3-2-4-23-12(9)27-8-14(16,17)18/h2-4,7H,5-6,8H2,1H3,(H2,22,24,25). The van der Waals surface area contributed by atoms with Crippen LogP contribution in [0.25, 0.3) is 0 Å². The number of ether oxygens (including phenoxy) is 1. The highest BCUT2D eigenvalue weighted by Gasteiger charge is 2.33. The van der Waals surface area contributed by atoms with Crippen molar-refractivity contribution in [3.05, 3.63) is 40.0 Å². The van der Waals surface area contributed by atoms with Crippen LogP contribution in [0, 0.1) is 0 Å². The molecule has 2 aromatic heterocycles. The Morgan fingerprint density at radius 2 is 1.89 bits per heavy atom. The number of hydrogen-bond donors (Lipinski definition) is 2. The molecule has 0 aliphatic carbocycles. The molecule has 2 heterocycles. The Bertz CT molecular complexity index is 805. The normalized spacial score (nSPS) is 12.8. The maximum Gasteiger partial charge on any atom is 0.434 e. The van der Waals surface area contributed by atoms with E-state index in [-0.39, 0.29) is 29.9 Å². The number of aliphatic imine (C=N–C) groups is 1. The second-order valence-corrected chi connectivity index (χ2v) is 6.22. The van der Waals surface area contributed by atoms with Crippen LogP contribution >= 0.6 is 11.3 Å². The molecule has 6 nitrogen and oxygen atoms in total. The summed E-state index contributed by atoms with van der Waals surface area (Å²) in [4.78, 5) is 11.1. The molecule has 13 heteroatoms. The van der Waals surface area contributed by atoms with Gasteiger partial charge in [0.1, 0.15) is 5.01 Å². The molecule has 0 atom stereocenters. The molecule has 2 rings (SSSR count). The maximum atomic E-state index is 12.5. The summed E-state index contributed by atoms with van der Waals surface area (Å²) < 4.78 is 79.2. The van der Waals surface area contributed by atoms with Gasteiger partial charge in [-0.05, 0) is 6.07 Å². The minimum absolute atomic E-state index is 0.00904. The number of thiazole rings is 1. The van der Waals surface area contributed by atoms with Crippen LogP contribution in [0.4, 0.5) is 26.3 Å². The van der Waals surface area contributed by atoms with E-state index in [0.29, 0.717) is 5.56 Å². The molecule has 0 spiro atoms. The van der Waals surface area contributed by atoms with E-state index in [0.717, 1.165) is 16.7 Å². The van der Waals surface area contributed by atoms with Gasteiger partial charge in [-0.15, -0.1) is 11.3 Å². The van der Waals surface area contributed by atoms with Gasteiger partial charge in [0.15, 0.2) is 18.3 Å². The van der Waals surface area contributed by atoms with Gasteiger partial charge in [0.05, 0.1) is 6.54 Å². The molecule has 0 aliphatic heterocycles. The Hall–Kier alpha value is -2.57. The fourth-order valence-electron chi connectivity index (χ4n) is 1.92. The van der Waals surface area contributed by atoms with Gasteiger partial charge in [-0.1, -0.05) is 6.07 Å². The summed E-state index contributed by atoms with van der Waals surface area (Å²) >= 11 is 0.842. The lowest BCUT2D eigenvalue weighted by molar-refractivity contribution is -0.154. The Labute approximate surface area is 159 Å². The third-order valence-electron chi connectivity index (χ3n) is 3.14. The van der Waals surface area contributed by atoms with Crippen LogP contribution in [0.3, 0.4) is 0 Å². The quantitative estimate of drug-likeness (QED) is 0.420. The minimum Gasteiger partial charge on any atom is -0.468 e. The molecule has 0 saturated carbocycles. The van der Waals surface area contributed by atoms with Crippen molar-refractivity contribution in [1.29, 1.82) is 0 Å². The second kappa shape index (κ2) is 9.08. The molecule has 0 bridgehead atoms. The summed E-state index contributed by atoms with van der Waals surface area (Å²) in [5.41, 5.74) is -0.623. The first kappa shape index (κ1) is 21.7. The van der Waals surface area contributed by atoms with Crippen molar-refractivity contribution in [2.45, 2.75) is 25.4 Å². The van der Waals surface area contributed by atoms with E-state index >= 15 is 0 Å². The highest BCUT2D eigenvalue weighted by Crippen LogP contribution is 2.29. The Balaban J connectivity index is 1.91. The largest absolute Gasteiger partial charge is 0.468 e. The molecule has 2 N–H and O–H groups in total. The van der Waals surface area contributed by atoms with Crippen molar-refractivity contribution < 1.29 is 31.1 Å². The average Bonchev–Trinajstić information content (AvgIpc) is 3.09. The van der Waals surface area contributed by atoms with Gasteiger partial charge in [0.2, 0.25) is 5.88 Å². The monoisotopic (exact) mass is 427 g/mol. The van der Waals surface area contributed by atoms with Gasteiger partial charge in [0, 0.05) is 30.7 Å². The lowest BCUT2D eigenvalue weighted by Crippen LogP contribution is -2.36. The molecular formula is C15H15F6N5OS. The molecule has 0 saturated heterocycles. The molecule has 0 amide bonds. The van der Waals surface area contributed by atoms with Crippen molar-refractivity contribution in [3.8, 4) is 5.88 Å². The van der Waals surface area contributed by atoms with Gasteiger partial charge in [0.25, 0.3) is 0 Å². The number of nitrogens with one attached hydrogen (secondary N) is 2. The molecule has 0 fully saturated rings. The fraction of sp³-hybridized carbons (Fsp3) is 0.400. The van der Waals surface area contributed by atoms with E-state index in [1.807, 2.05) is 0 Å².